The van der Waals surface area contributed by atoms with Gasteiger partial charge >= 0.3 is 0 Å². The third-order valence-electron chi connectivity index (χ3n) is 7.06. The molecule has 2 rings (SSSR count). The van der Waals surface area contributed by atoms with Crippen molar-refractivity contribution in [1.29, 1.82) is 0 Å². The van der Waals surface area contributed by atoms with Gasteiger partial charge in [-0.25, -0.2) is 0 Å². The molecule has 37 heavy (non-hydrogen) atoms. The van der Waals surface area contributed by atoms with E-state index in [9.17, 15) is 4.79 Å². The van der Waals surface area contributed by atoms with Gasteiger partial charge in [-0.1, -0.05) is 109 Å². The van der Waals surface area contributed by atoms with Crippen molar-refractivity contribution >= 4 is 5.78 Å². The second-order valence-corrected chi connectivity index (χ2v) is 10.4. The highest BCUT2D eigenvalue weighted by molar-refractivity contribution is 6.09. The largest absolute Gasteiger partial charge is 0.494 e. The summed E-state index contributed by atoms with van der Waals surface area (Å²) < 4.78 is 16.9. The molecule has 4 nitrogen and oxygen atoms in total. The monoisotopic (exact) mass is 512 g/mol. The highest BCUT2D eigenvalue weighted by atomic mass is 16.7. The second-order valence-electron chi connectivity index (χ2n) is 10.4. The minimum absolute atomic E-state index is 0.177. The van der Waals surface area contributed by atoms with E-state index >= 15 is 0 Å². The van der Waals surface area contributed by atoms with Gasteiger partial charge in [-0.3, -0.25) is 4.79 Å². The van der Waals surface area contributed by atoms with Crippen LogP contribution in [0.25, 0.3) is 0 Å². The third-order valence-corrected chi connectivity index (χ3v) is 7.06. The molecule has 1 saturated heterocycles. The first-order chi connectivity index (χ1) is 18.3. The number of carbonyl (C=O) groups excluding carboxylic acids is 1. The van der Waals surface area contributed by atoms with Crippen molar-refractivity contribution in [2.75, 3.05) is 19.8 Å². The Balaban J connectivity index is 1.39. The topological polar surface area (TPSA) is 44.8 Å². The molecule has 1 fully saturated rings. The van der Waals surface area contributed by atoms with Gasteiger partial charge in [0, 0.05) is 12.2 Å². The summed E-state index contributed by atoms with van der Waals surface area (Å²) in [4.78, 5) is 12.2. The van der Waals surface area contributed by atoms with E-state index in [-0.39, 0.29) is 18.7 Å². The number of hydrogen-bond donors (Lipinski definition) is 0. The minimum atomic E-state index is -0.197. The van der Waals surface area contributed by atoms with Gasteiger partial charge in [0.1, 0.15) is 12.4 Å². The standard InChI is InChI=1S/C33H52O4/c1-2-3-4-5-6-7-8-9-10-11-12-13-14-15-16-18-27-35-31-25-23-30(24-26-31)32(34)21-20-29-37-33-22-17-19-28-36-33/h23-26,33H,2-19,22,27-29H2,1H3. The summed E-state index contributed by atoms with van der Waals surface area (Å²) in [5.41, 5.74) is 0.580. The summed E-state index contributed by atoms with van der Waals surface area (Å²) in [6.07, 6.45) is 24.8. The van der Waals surface area contributed by atoms with Gasteiger partial charge in [0.25, 0.3) is 0 Å². The van der Waals surface area contributed by atoms with Gasteiger partial charge in [-0.15, -0.1) is 0 Å². The zero-order valence-electron chi connectivity index (χ0n) is 23.6. The van der Waals surface area contributed by atoms with E-state index in [0.29, 0.717) is 5.56 Å². The van der Waals surface area contributed by atoms with Crippen LogP contribution in [0.5, 0.6) is 5.75 Å². The number of carbonyl (C=O) groups is 1. The van der Waals surface area contributed by atoms with Gasteiger partial charge in [0.2, 0.25) is 5.78 Å². The van der Waals surface area contributed by atoms with Gasteiger partial charge in [-0.2, -0.15) is 0 Å². The van der Waals surface area contributed by atoms with Crippen LogP contribution in [-0.2, 0) is 9.47 Å². The molecule has 0 radical (unpaired) electrons. The van der Waals surface area contributed by atoms with Crippen LogP contribution in [0.1, 0.15) is 139 Å². The number of Topliss-reactive ketones (excluding diaryl/α,β-unsaturated/α-hetero) is 1. The van der Waals surface area contributed by atoms with Crippen LogP contribution < -0.4 is 4.74 Å². The quantitative estimate of drug-likeness (QED) is 0.0713. The highest BCUT2D eigenvalue weighted by Crippen LogP contribution is 2.16. The van der Waals surface area contributed by atoms with Crippen molar-refractivity contribution < 1.29 is 19.0 Å². The van der Waals surface area contributed by atoms with E-state index in [4.69, 9.17) is 14.2 Å². The number of ketones is 1. The van der Waals surface area contributed by atoms with Crippen molar-refractivity contribution in [3.63, 3.8) is 0 Å². The Morgan fingerprint density at radius 3 is 1.92 bits per heavy atom. The fraction of sp³-hybridized carbons (Fsp3) is 0.727. The first kappa shape index (κ1) is 31.4. The molecule has 0 bridgehead atoms. The molecule has 0 spiro atoms. The van der Waals surface area contributed by atoms with Gasteiger partial charge < -0.3 is 14.2 Å². The van der Waals surface area contributed by atoms with E-state index in [0.717, 1.165) is 44.6 Å². The summed E-state index contributed by atoms with van der Waals surface area (Å²) >= 11 is 0. The van der Waals surface area contributed by atoms with E-state index in [1.54, 1.807) is 12.1 Å². The van der Waals surface area contributed by atoms with Gasteiger partial charge in [0.05, 0.1) is 6.61 Å². The molecule has 1 heterocycles. The van der Waals surface area contributed by atoms with Gasteiger partial charge in [0.15, 0.2) is 6.29 Å². The summed E-state index contributed by atoms with van der Waals surface area (Å²) in [5, 5.41) is 0. The van der Waals surface area contributed by atoms with E-state index in [1.165, 1.54) is 96.3 Å². The zero-order valence-corrected chi connectivity index (χ0v) is 23.6. The smallest absolute Gasteiger partial charge is 0.235 e. The van der Waals surface area contributed by atoms with Crippen molar-refractivity contribution in [2.24, 2.45) is 0 Å². The van der Waals surface area contributed by atoms with Crippen molar-refractivity contribution in [3.05, 3.63) is 29.8 Å². The third kappa shape index (κ3) is 16.6. The Hall–Kier alpha value is -1.83. The molecule has 0 aliphatic carbocycles. The van der Waals surface area contributed by atoms with Crippen molar-refractivity contribution in [1.82, 2.24) is 0 Å². The molecular formula is C33H52O4. The Morgan fingerprint density at radius 2 is 1.38 bits per heavy atom. The van der Waals surface area contributed by atoms with Crippen LogP contribution >= 0.6 is 0 Å². The Labute approximate surface area is 227 Å². The van der Waals surface area contributed by atoms with Crippen LogP contribution in [0.2, 0.25) is 0 Å². The highest BCUT2D eigenvalue weighted by Gasteiger charge is 2.13. The average molecular weight is 513 g/mol. The molecule has 0 aromatic heterocycles. The molecule has 1 aromatic rings. The summed E-state index contributed by atoms with van der Waals surface area (Å²) in [6, 6.07) is 7.28. The fourth-order valence-electron chi connectivity index (χ4n) is 4.71. The molecule has 0 amide bonds. The summed E-state index contributed by atoms with van der Waals surface area (Å²) in [6.45, 7) is 3.97. The maximum absolute atomic E-state index is 12.2. The van der Waals surface area contributed by atoms with E-state index in [2.05, 4.69) is 18.8 Å². The van der Waals surface area contributed by atoms with Crippen molar-refractivity contribution in [3.8, 4) is 17.6 Å². The van der Waals surface area contributed by atoms with Crippen LogP contribution in [0.4, 0.5) is 0 Å². The number of ether oxygens (including phenoxy) is 3. The van der Waals surface area contributed by atoms with E-state index < -0.39 is 0 Å². The van der Waals surface area contributed by atoms with Gasteiger partial charge in [-0.05, 0) is 55.9 Å². The lowest BCUT2D eigenvalue weighted by atomic mass is 10.0. The molecule has 0 saturated carbocycles. The number of hydrogen-bond acceptors (Lipinski definition) is 4. The van der Waals surface area contributed by atoms with Crippen molar-refractivity contribution in [2.45, 2.75) is 135 Å². The predicted octanol–water partition coefficient (Wildman–Crippen LogP) is 9.06. The minimum Gasteiger partial charge on any atom is -0.494 e. The molecule has 4 heteroatoms. The SMILES string of the molecule is CCCCCCCCCCCCCCCCCCOc1ccc(C(=O)C#CCOC2CCCCO2)cc1. The molecule has 1 aliphatic rings. The average Bonchev–Trinajstić information content (AvgIpc) is 2.93. The molecule has 1 aromatic carbocycles. The lowest BCUT2D eigenvalue weighted by Gasteiger charge is -2.21. The van der Waals surface area contributed by atoms with Crippen LogP contribution in [0, 0.1) is 11.8 Å². The molecular weight excluding hydrogens is 460 g/mol. The number of benzene rings is 1. The predicted molar refractivity (Wildman–Crippen MR) is 153 cm³/mol. The normalized spacial score (nSPS) is 15.2. The fourth-order valence-corrected chi connectivity index (χ4v) is 4.71. The molecule has 1 aliphatic heterocycles. The Morgan fingerprint density at radius 1 is 0.811 bits per heavy atom. The number of rotatable bonds is 21. The van der Waals surface area contributed by atoms with Crippen LogP contribution in [-0.4, -0.2) is 31.9 Å². The maximum Gasteiger partial charge on any atom is 0.235 e. The zero-order chi connectivity index (χ0) is 26.2. The summed E-state index contributed by atoms with van der Waals surface area (Å²) in [7, 11) is 0. The molecule has 1 atom stereocenters. The summed E-state index contributed by atoms with van der Waals surface area (Å²) in [5.74, 6) is 6.06. The van der Waals surface area contributed by atoms with Crippen LogP contribution in [0.3, 0.4) is 0 Å². The number of unbranched alkanes of at least 4 members (excludes halogenated alkanes) is 15. The molecule has 208 valence electrons. The lowest BCUT2D eigenvalue weighted by Crippen LogP contribution is -2.22. The Bertz CT molecular complexity index is 740. The first-order valence-electron chi connectivity index (χ1n) is 15.3. The molecule has 1 unspecified atom stereocenters. The lowest BCUT2D eigenvalue weighted by molar-refractivity contribution is -0.154. The second kappa shape index (κ2) is 22.2. The Kier molecular flexibility index (Phi) is 18.8. The van der Waals surface area contributed by atoms with E-state index in [1.807, 2.05) is 12.1 Å². The first-order valence-corrected chi connectivity index (χ1v) is 15.3. The molecule has 0 N–H and O–H groups in total. The maximum atomic E-state index is 12.2. The van der Waals surface area contributed by atoms with Crippen LogP contribution in [0.15, 0.2) is 24.3 Å².